The second kappa shape index (κ2) is 7.14. The first-order valence-electron chi connectivity index (χ1n) is 6.97. The Labute approximate surface area is 122 Å². The average molecular weight is 293 g/mol. The van der Waals surface area contributed by atoms with Crippen LogP contribution in [0.4, 0.5) is 11.4 Å². The summed E-state index contributed by atoms with van der Waals surface area (Å²) in [6, 6.07) is 4.65. The number of aldehydes is 1. The second-order valence-electron chi connectivity index (χ2n) is 5.02. The summed E-state index contributed by atoms with van der Waals surface area (Å²) in [4.78, 5) is 25.6. The predicted molar refractivity (Wildman–Crippen MR) is 78.8 cm³/mol. The number of hydrogen-bond donors (Lipinski definition) is 1. The van der Waals surface area contributed by atoms with Crippen molar-refractivity contribution < 1.29 is 14.8 Å². The van der Waals surface area contributed by atoms with Crippen LogP contribution in [0.5, 0.6) is 0 Å². The quantitative estimate of drug-likeness (QED) is 0.493. The summed E-state index contributed by atoms with van der Waals surface area (Å²) >= 11 is 0. The van der Waals surface area contributed by atoms with Gasteiger partial charge in [-0.1, -0.05) is 0 Å². The van der Waals surface area contributed by atoms with Crippen LogP contribution in [0.1, 0.15) is 16.8 Å². The Balaban J connectivity index is 2.14. The van der Waals surface area contributed by atoms with Crippen molar-refractivity contribution in [3.05, 3.63) is 33.9 Å². The van der Waals surface area contributed by atoms with Crippen LogP contribution in [0.2, 0.25) is 0 Å². The Morgan fingerprint density at radius 1 is 1.29 bits per heavy atom. The number of carbonyl (C=O) groups is 1. The molecule has 2 rings (SSSR count). The highest BCUT2D eigenvalue weighted by atomic mass is 16.6. The van der Waals surface area contributed by atoms with Crippen molar-refractivity contribution >= 4 is 17.7 Å². The van der Waals surface area contributed by atoms with Gasteiger partial charge in [0.25, 0.3) is 5.69 Å². The van der Waals surface area contributed by atoms with Gasteiger partial charge in [0, 0.05) is 37.9 Å². The number of carbonyl (C=O) groups excluding carboxylic acids is 1. The van der Waals surface area contributed by atoms with Gasteiger partial charge in [-0.05, 0) is 25.1 Å². The lowest BCUT2D eigenvalue weighted by Crippen LogP contribution is -2.32. The summed E-state index contributed by atoms with van der Waals surface area (Å²) < 4.78 is 0. The number of nitrogens with zero attached hydrogens (tertiary/aromatic N) is 3. The van der Waals surface area contributed by atoms with Crippen LogP contribution in [-0.2, 0) is 0 Å². The van der Waals surface area contributed by atoms with Crippen LogP contribution < -0.4 is 4.90 Å². The first kappa shape index (κ1) is 15.4. The molecule has 0 aliphatic carbocycles. The molecule has 0 aromatic heterocycles. The van der Waals surface area contributed by atoms with Crippen LogP contribution in [0, 0.1) is 10.1 Å². The fourth-order valence-electron chi connectivity index (χ4n) is 2.59. The molecule has 7 heteroatoms. The number of nitro groups is 1. The first-order valence-corrected chi connectivity index (χ1v) is 6.97. The molecular formula is C14H19N3O4. The number of aliphatic hydroxyl groups is 1. The van der Waals surface area contributed by atoms with E-state index in [1.165, 1.54) is 6.07 Å². The summed E-state index contributed by atoms with van der Waals surface area (Å²) in [5, 5.41) is 19.8. The third-order valence-electron chi connectivity index (χ3n) is 3.70. The van der Waals surface area contributed by atoms with E-state index in [9.17, 15) is 14.9 Å². The number of hydrogen-bond acceptors (Lipinski definition) is 6. The van der Waals surface area contributed by atoms with Gasteiger partial charge in [-0.25, -0.2) is 0 Å². The summed E-state index contributed by atoms with van der Waals surface area (Å²) in [6.07, 6.45) is 1.48. The number of β-amino-alcohol motifs (C(OH)–C–C–N with tert-alkyl or cyclic N) is 1. The molecule has 0 radical (unpaired) electrons. The molecule has 1 fully saturated rings. The van der Waals surface area contributed by atoms with Crippen molar-refractivity contribution in [3.8, 4) is 0 Å². The average Bonchev–Trinajstić information content (AvgIpc) is 2.72. The van der Waals surface area contributed by atoms with Crippen molar-refractivity contribution in [2.45, 2.75) is 6.42 Å². The molecule has 0 saturated carbocycles. The van der Waals surface area contributed by atoms with Crippen molar-refractivity contribution in [2.24, 2.45) is 0 Å². The lowest BCUT2D eigenvalue weighted by molar-refractivity contribution is -0.385. The van der Waals surface area contributed by atoms with Gasteiger partial charge in [-0.3, -0.25) is 19.8 Å². The van der Waals surface area contributed by atoms with E-state index in [1.54, 1.807) is 12.1 Å². The largest absolute Gasteiger partial charge is 0.395 e. The monoisotopic (exact) mass is 293 g/mol. The summed E-state index contributed by atoms with van der Waals surface area (Å²) in [6.45, 7) is 4.16. The third kappa shape index (κ3) is 3.77. The molecule has 114 valence electrons. The van der Waals surface area contributed by atoms with E-state index < -0.39 is 4.92 Å². The van der Waals surface area contributed by atoms with Gasteiger partial charge in [0.2, 0.25) is 0 Å². The highest BCUT2D eigenvalue weighted by Gasteiger charge is 2.18. The van der Waals surface area contributed by atoms with Crippen molar-refractivity contribution in [1.29, 1.82) is 0 Å². The van der Waals surface area contributed by atoms with Gasteiger partial charge in [-0.2, -0.15) is 0 Å². The zero-order chi connectivity index (χ0) is 15.2. The zero-order valence-electron chi connectivity index (χ0n) is 11.8. The van der Waals surface area contributed by atoms with Crippen molar-refractivity contribution in [1.82, 2.24) is 4.90 Å². The molecule has 7 nitrogen and oxygen atoms in total. The maximum absolute atomic E-state index is 11.0. The molecule has 1 saturated heterocycles. The van der Waals surface area contributed by atoms with Gasteiger partial charge in [0.05, 0.1) is 17.1 Å². The Morgan fingerprint density at radius 2 is 2.10 bits per heavy atom. The molecule has 1 aliphatic heterocycles. The van der Waals surface area contributed by atoms with Crippen LogP contribution in [0.3, 0.4) is 0 Å². The maximum atomic E-state index is 11.0. The first-order chi connectivity index (χ1) is 10.2. The standard InChI is InChI=1S/C14H19N3O4/c18-9-8-15-4-1-5-16(7-6-15)13-2-3-14(17(20)21)12(10-13)11-19/h2-3,10-11,18H,1,4-9H2. The van der Waals surface area contributed by atoms with E-state index in [4.69, 9.17) is 5.11 Å². The molecular weight excluding hydrogens is 274 g/mol. The van der Waals surface area contributed by atoms with Gasteiger partial charge in [0.15, 0.2) is 6.29 Å². The van der Waals surface area contributed by atoms with Crippen LogP contribution in [0.15, 0.2) is 18.2 Å². The minimum atomic E-state index is -0.543. The molecule has 0 atom stereocenters. The topological polar surface area (TPSA) is 86.9 Å². The predicted octanol–water partition coefficient (Wildman–Crippen LogP) is 0.912. The fraction of sp³-hybridized carbons (Fsp3) is 0.500. The zero-order valence-corrected chi connectivity index (χ0v) is 11.8. The minimum Gasteiger partial charge on any atom is -0.395 e. The highest BCUT2D eigenvalue weighted by molar-refractivity contribution is 5.83. The molecule has 1 aromatic carbocycles. The molecule has 1 aliphatic rings. The molecule has 1 heterocycles. The van der Waals surface area contributed by atoms with Crippen LogP contribution in [-0.4, -0.2) is 60.5 Å². The smallest absolute Gasteiger partial charge is 0.280 e. The highest BCUT2D eigenvalue weighted by Crippen LogP contribution is 2.24. The van der Waals surface area contributed by atoms with E-state index in [-0.39, 0.29) is 17.9 Å². The molecule has 0 bridgehead atoms. The SMILES string of the molecule is O=Cc1cc(N2CCCN(CCO)CC2)ccc1[N+](=O)[O-]. The Bertz CT molecular complexity index is 521. The Kier molecular flexibility index (Phi) is 5.24. The minimum absolute atomic E-state index is 0.106. The number of rotatable bonds is 5. The maximum Gasteiger partial charge on any atom is 0.280 e. The molecule has 0 spiro atoms. The van der Waals surface area contributed by atoms with E-state index in [0.29, 0.717) is 12.8 Å². The Morgan fingerprint density at radius 3 is 2.76 bits per heavy atom. The summed E-state index contributed by atoms with van der Waals surface area (Å²) in [7, 11) is 0. The van der Waals surface area contributed by atoms with Crippen molar-refractivity contribution in [3.63, 3.8) is 0 Å². The van der Waals surface area contributed by atoms with E-state index in [2.05, 4.69) is 9.80 Å². The number of aliphatic hydroxyl groups excluding tert-OH is 1. The van der Waals surface area contributed by atoms with Crippen LogP contribution >= 0.6 is 0 Å². The molecule has 21 heavy (non-hydrogen) atoms. The molecule has 0 unspecified atom stereocenters. The molecule has 0 amide bonds. The van der Waals surface area contributed by atoms with Crippen LogP contribution in [0.25, 0.3) is 0 Å². The number of anilines is 1. The Hall–Kier alpha value is -1.99. The third-order valence-corrected chi connectivity index (χ3v) is 3.70. The van der Waals surface area contributed by atoms with Gasteiger partial charge < -0.3 is 10.0 Å². The second-order valence-corrected chi connectivity index (χ2v) is 5.02. The number of nitro benzene ring substituents is 1. The lowest BCUT2D eigenvalue weighted by Gasteiger charge is -2.23. The van der Waals surface area contributed by atoms with Gasteiger partial charge in [-0.15, -0.1) is 0 Å². The molecule has 1 N–H and O–H groups in total. The lowest BCUT2D eigenvalue weighted by atomic mass is 10.1. The van der Waals surface area contributed by atoms with Gasteiger partial charge >= 0.3 is 0 Å². The van der Waals surface area contributed by atoms with E-state index in [0.717, 1.165) is 38.3 Å². The van der Waals surface area contributed by atoms with E-state index >= 15 is 0 Å². The summed E-state index contributed by atoms with van der Waals surface area (Å²) in [5.41, 5.74) is 0.771. The molecule has 1 aromatic rings. The van der Waals surface area contributed by atoms with E-state index in [1.807, 2.05) is 0 Å². The number of benzene rings is 1. The fourth-order valence-corrected chi connectivity index (χ4v) is 2.59. The van der Waals surface area contributed by atoms with Gasteiger partial charge in [0.1, 0.15) is 0 Å². The summed E-state index contributed by atoms with van der Waals surface area (Å²) in [5.74, 6) is 0. The normalized spacial score (nSPS) is 16.5. The van der Waals surface area contributed by atoms with Crippen molar-refractivity contribution in [2.75, 3.05) is 44.2 Å².